The lowest BCUT2D eigenvalue weighted by Crippen LogP contribution is -2.32. The van der Waals surface area contributed by atoms with Crippen LogP contribution in [0.4, 0.5) is 4.39 Å². The normalized spacial score (nSPS) is 18.7. The van der Waals surface area contributed by atoms with Crippen LogP contribution in [0.25, 0.3) is 10.9 Å². The van der Waals surface area contributed by atoms with E-state index in [1.807, 2.05) is 16.8 Å². The molecule has 1 fully saturated rings. The molecule has 1 unspecified atom stereocenters. The minimum absolute atomic E-state index is 0.201. The van der Waals surface area contributed by atoms with Crippen molar-refractivity contribution in [2.24, 2.45) is 0 Å². The molecular formula is C17H18FN5. The van der Waals surface area contributed by atoms with Crippen molar-refractivity contribution in [3.8, 4) is 0 Å². The van der Waals surface area contributed by atoms with Crippen LogP contribution in [-0.2, 0) is 13.1 Å². The summed E-state index contributed by atoms with van der Waals surface area (Å²) in [4.78, 5) is 10.8. The van der Waals surface area contributed by atoms with Crippen molar-refractivity contribution in [3.63, 3.8) is 0 Å². The van der Waals surface area contributed by atoms with Gasteiger partial charge in [-0.3, -0.25) is 14.6 Å². The van der Waals surface area contributed by atoms with Gasteiger partial charge in [0.25, 0.3) is 0 Å². The summed E-state index contributed by atoms with van der Waals surface area (Å²) >= 11 is 0. The maximum atomic E-state index is 13.9. The maximum Gasteiger partial charge on any atom is 0.137 e. The Morgan fingerprint density at radius 2 is 2.26 bits per heavy atom. The van der Waals surface area contributed by atoms with E-state index in [4.69, 9.17) is 0 Å². The molecule has 1 atom stereocenters. The molecule has 2 aromatic heterocycles. The van der Waals surface area contributed by atoms with Crippen LogP contribution in [-0.4, -0.2) is 37.2 Å². The molecule has 1 aliphatic rings. The monoisotopic (exact) mass is 311 g/mol. The van der Waals surface area contributed by atoms with Gasteiger partial charge in [0.1, 0.15) is 18.5 Å². The number of benzene rings is 1. The van der Waals surface area contributed by atoms with Crippen LogP contribution in [0.3, 0.4) is 0 Å². The Balaban J connectivity index is 1.59. The Hall–Kier alpha value is -2.34. The summed E-state index contributed by atoms with van der Waals surface area (Å²) in [6.45, 7) is 2.55. The lowest BCUT2D eigenvalue weighted by Gasteiger charge is -2.24. The molecule has 23 heavy (non-hydrogen) atoms. The summed E-state index contributed by atoms with van der Waals surface area (Å²) in [5, 5.41) is 5.05. The number of hydrogen-bond donors (Lipinski definition) is 0. The molecule has 0 bridgehead atoms. The third-order valence-corrected chi connectivity index (χ3v) is 4.49. The minimum atomic E-state index is -0.201. The van der Waals surface area contributed by atoms with Gasteiger partial charge in [-0.1, -0.05) is 6.07 Å². The molecular weight excluding hydrogens is 293 g/mol. The van der Waals surface area contributed by atoms with E-state index in [0.29, 0.717) is 12.6 Å². The van der Waals surface area contributed by atoms with E-state index in [1.165, 1.54) is 0 Å². The summed E-state index contributed by atoms with van der Waals surface area (Å²) < 4.78 is 15.8. The van der Waals surface area contributed by atoms with Gasteiger partial charge in [0.05, 0.1) is 12.1 Å². The molecule has 5 nitrogen and oxygen atoms in total. The van der Waals surface area contributed by atoms with Gasteiger partial charge in [-0.05, 0) is 43.1 Å². The molecule has 0 amide bonds. The van der Waals surface area contributed by atoms with E-state index in [0.717, 1.165) is 42.4 Å². The Kier molecular flexibility index (Phi) is 3.75. The number of rotatable bonds is 4. The molecule has 1 aromatic carbocycles. The first-order chi connectivity index (χ1) is 11.3. The SMILES string of the molecule is Fc1cc(CN2CCCC2Cn2cncn2)c2ncccc2c1. The fourth-order valence-electron chi connectivity index (χ4n) is 3.42. The highest BCUT2D eigenvalue weighted by Crippen LogP contribution is 2.25. The van der Waals surface area contributed by atoms with Gasteiger partial charge in [0, 0.05) is 24.2 Å². The average molecular weight is 311 g/mol. The second-order valence-corrected chi connectivity index (χ2v) is 6.02. The Morgan fingerprint density at radius 3 is 3.13 bits per heavy atom. The summed E-state index contributed by atoms with van der Waals surface area (Å²) in [6.07, 6.45) is 7.35. The summed E-state index contributed by atoms with van der Waals surface area (Å²) in [5.41, 5.74) is 1.84. The molecule has 0 aliphatic carbocycles. The zero-order chi connectivity index (χ0) is 15.6. The molecule has 0 saturated carbocycles. The Bertz CT molecular complexity index is 802. The standard InChI is InChI=1S/C17H18FN5/c18-15-7-13-3-1-5-20-17(13)14(8-15)9-22-6-2-4-16(22)10-23-12-19-11-21-23/h1,3,5,7-8,11-12,16H,2,4,6,9-10H2. The van der Waals surface area contributed by atoms with E-state index in [1.54, 1.807) is 31.0 Å². The van der Waals surface area contributed by atoms with Gasteiger partial charge in [0.15, 0.2) is 0 Å². The van der Waals surface area contributed by atoms with Gasteiger partial charge >= 0.3 is 0 Å². The number of halogens is 1. The highest BCUT2D eigenvalue weighted by Gasteiger charge is 2.25. The summed E-state index contributed by atoms with van der Waals surface area (Å²) in [7, 11) is 0. The number of aromatic nitrogens is 4. The lowest BCUT2D eigenvalue weighted by molar-refractivity contribution is 0.219. The number of likely N-dealkylation sites (tertiary alicyclic amines) is 1. The molecule has 0 N–H and O–H groups in total. The molecule has 3 heterocycles. The molecule has 1 aliphatic heterocycles. The highest BCUT2D eigenvalue weighted by molar-refractivity contribution is 5.81. The van der Waals surface area contributed by atoms with E-state index in [2.05, 4.69) is 20.0 Å². The van der Waals surface area contributed by atoms with Crippen molar-refractivity contribution in [1.82, 2.24) is 24.6 Å². The fourth-order valence-corrected chi connectivity index (χ4v) is 3.42. The number of nitrogens with zero attached hydrogens (tertiary/aromatic N) is 5. The summed E-state index contributed by atoms with van der Waals surface area (Å²) in [6, 6.07) is 7.31. The van der Waals surface area contributed by atoms with Crippen molar-refractivity contribution < 1.29 is 4.39 Å². The van der Waals surface area contributed by atoms with E-state index >= 15 is 0 Å². The van der Waals surface area contributed by atoms with E-state index < -0.39 is 0 Å². The van der Waals surface area contributed by atoms with Crippen LogP contribution < -0.4 is 0 Å². The maximum absolute atomic E-state index is 13.9. The smallest absolute Gasteiger partial charge is 0.137 e. The molecule has 1 saturated heterocycles. The molecule has 6 heteroatoms. The van der Waals surface area contributed by atoms with Crippen LogP contribution in [0, 0.1) is 5.82 Å². The largest absolute Gasteiger partial charge is 0.294 e. The lowest BCUT2D eigenvalue weighted by atomic mass is 10.1. The van der Waals surface area contributed by atoms with Crippen molar-refractivity contribution in [2.45, 2.75) is 32.0 Å². The van der Waals surface area contributed by atoms with Crippen LogP contribution in [0.5, 0.6) is 0 Å². The van der Waals surface area contributed by atoms with Gasteiger partial charge in [0.2, 0.25) is 0 Å². The first-order valence-corrected chi connectivity index (χ1v) is 7.89. The predicted molar refractivity (Wildman–Crippen MR) is 85.2 cm³/mol. The molecule has 3 aromatic rings. The quantitative estimate of drug-likeness (QED) is 0.743. The first-order valence-electron chi connectivity index (χ1n) is 7.89. The van der Waals surface area contributed by atoms with Crippen molar-refractivity contribution in [1.29, 1.82) is 0 Å². The van der Waals surface area contributed by atoms with Gasteiger partial charge in [-0.2, -0.15) is 5.10 Å². The third kappa shape index (κ3) is 2.94. The molecule has 0 spiro atoms. The van der Waals surface area contributed by atoms with Crippen LogP contribution in [0.15, 0.2) is 43.1 Å². The van der Waals surface area contributed by atoms with Crippen LogP contribution in [0.2, 0.25) is 0 Å². The molecule has 4 rings (SSSR count). The number of pyridine rings is 1. The first kappa shape index (κ1) is 14.3. The molecule has 0 radical (unpaired) electrons. The highest BCUT2D eigenvalue weighted by atomic mass is 19.1. The third-order valence-electron chi connectivity index (χ3n) is 4.49. The van der Waals surface area contributed by atoms with Crippen molar-refractivity contribution in [2.75, 3.05) is 6.54 Å². The van der Waals surface area contributed by atoms with Crippen molar-refractivity contribution >= 4 is 10.9 Å². The zero-order valence-corrected chi connectivity index (χ0v) is 12.8. The van der Waals surface area contributed by atoms with Gasteiger partial charge in [-0.25, -0.2) is 9.37 Å². The average Bonchev–Trinajstić information content (AvgIpc) is 3.20. The fraction of sp³-hybridized carbons (Fsp3) is 0.353. The second kappa shape index (κ2) is 6.04. The number of hydrogen-bond acceptors (Lipinski definition) is 4. The topological polar surface area (TPSA) is 46.8 Å². The second-order valence-electron chi connectivity index (χ2n) is 6.02. The van der Waals surface area contributed by atoms with Gasteiger partial charge < -0.3 is 0 Å². The minimum Gasteiger partial charge on any atom is -0.294 e. The molecule has 118 valence electrons. The Labute approximate surface area is 133 Å². The van der Waals surface area contributed by atoms with Crippen molar-refractivity contribution in [3.05, 3.63) is 54.5 Å². The van der Waals surface area contributed by atoms with Crippen LogP contribution in [0.1, 0.15) is 18.4 Å². The zero-order valence-electron chi connectivity index (χ0n) is 12.8. The Morgan fingerprint density at radius 1 is 1.30 bits per heavy atom. The van der Waals surface area contributed by atoms with E-state index in [-0.39, 0.29) is 5.82 Å². The summed E-state index contributed by atoms with van der Waals surface area (Å²) in [5.74, 6) is -0.201. The number of fused-ring (bicyclic) bond motifs is 1. The van der Waals surface area contributed by atoms with Crippen LogP contribution >= 0.6 is 0 Å². The van der Waals surface area contributed by atoms with Gasteiger partial charge in [-0.15, -0.1) is 0 Å². The van der Waals surface area contributed by atoms with E-state index in [9.17, 15) is 4.39 Å². The predicted octanol–water partition coefficient (Wildman–Crippen LogP) is 2.63.